The molecule has 0 fully saturated rings. The molecule has 0 amide bonds. The normalized spacial score (nSPS) is 11.1. The molecule has 7 nitrogen and oxygen atoms in total. The van der Waals surface area contributed by atoms with Crippen LogP contribution in [-0.2, 0) is 15.8 Å². The Morgan fingerprint density at radius 1 is 1.12 bits per heavy atom. The molecule has 0 saturated carbocycles. The molecule has 132 valence electrons. The number of rotatable bonds is 4. The minimum Gasteiger partial charge on any atom is -0.497 e. The number of nitrogens with one attached hydrogen (secondary N) is 1. The number of H-pyrrole nitrogens is 1. The number of methoxy groups -OCH3 is 1. The zero-order chi connectivity index (χ0) is 17.3. The van der Waals surface area contributed by atoms with Gasteiger partial charge in [-0.05, 0) is 23.8 Å². The summed E-state index contributed by atoms with van der Waals surface area (Å²) in [6.07, 6.45) is 0. The molecular weight excluding hydrogens is 366 g/mol. The number of hydrogen-bond acceptors (Lipinski definition) is 5. The van der Waals surface area contributed by atoms with Crippen LogP contribution in [0.4, 0.5) is 0 Å². The summed E-state index contributed by atoms with van der Waals surface area (Å²) in [5.74, 6) is 0.378. The Balaban J connectivity index is 0.00000225. The molecule has 0 radical (unpaired) electrons. The molecule has 1 aromatic heterocycles. The third kappa shape index (κ3) is 4.16. The molecule has 3 rings (SSSR count). The molecule has 0 atom stereocenters. The van der Waals surface area contributed by atoms with Crippen molar-refractivity contribution in [3.05, 3.63) is 58.4 Å². The summed E-state index contributed by atoms with van der Waals surface area (Å²) in [6.45, 7) is 0. The average molecular weight is 382 g/mol. The van der Waals surface area contributed by atoms with Crippen LogP contribution in [0.3, 0.4) is 0 Å². The smallest absolute Gasteiger partial charge is 0.272 e. The fourth-order valence-corrected chi connectivity index (χ4v) is 3.14. The van der Waals surface area contributed by atoms with Crippen LogP contribution in [0.2, 0.25) is 0 Å². The summed E-state index contributed by atoms with van der Waals surface area (Å²) in [6, 6.07) is 11.9. The summed E-state index contributed by atoms with van der Waals surface area (Å²) >= 11 is 0. The van der Waals surface area contributed by atoms with Gasteiger partial charge < -0.3 is 4.74 Å². The highest BCUT2D eigenvalue weighted by atomic mass is 35.5. The summed E-state index contributed by atoms with van der Waals surface area (Å²) in [4.78, 5) is 11.9. The van der Waals surface area contributed by atoms with Gasteiger partial charge in [0.2, 0.25) is 10.0 Å². The second-order valence-electron chi connectivity index (χ2n) is 5.32. The van der Waals surface area contributed by atoms with E-state index in [-0.39, 0.29) is 23.7 Å². The number of nitrogens with zero attached hydrogens (tertiary/aromatic N) is 1. The average Bonchev–Trinajstić information content (AvgIpc) is 2.54. The molecule has 0 aliphatic rings. The lowest BCUT2D eigenvalue weighted by Crippen LogP contribution is -2.14. The molecule has 3 N–H and O–H groups in total. The maximum absolute atomic E-state index is 11.9. The molecule has 0 aliphatic heterocycles. The van der Waals surface area contributed by atoms with Gasteiger partial charge in [0.05, 0.1) is 23.9 Å². The molecule has 1 heterocycles. The standard InChI is InChI=1S/C16H15N3O4S.ClH/c1-23-12-6-7-13-14(8-12)15(18-19-16(13)20)11-4-2-10(3-5-11)9-24(17,21)22;/h2-8H,9H2,1H3,(H,19,20)(H2,17,21,22);1H. The maximum atomic E-state index is 11.9. The number of aromatic amines is 1. The van der Waals surface area contributed by atoms with E-state index in [0.717, 1.165) is 5.56 Å². The van der Waals surface area contributed by atoms with Crippen molar-refractivity contribution in [3.63, 3.8) is 0 Å². The van der Waals surface area contributed by atoms with Gasteiger partial charge in [0, 0.05) is 10.9 Å². The van der Waals surface area contributed by atoms with Crippen LogP contribution in [0.25, 0.3) is 22.0 Å². The molecular formula is C16H16ClN3O4S. The lowest BCUT2D eigenvalue weighted by atomic mass is 10.0. The number of benzene rings is 2. The quantitative estimate of drug-likeness (QED) is 0.715. The van der Waals surface area contributed by atoms with Crippen molar-refractivity contribution < 1.29 is 13.2 Å². The minimum atomic E-state index is -3.58. The van der Waals surface area contributed by atoms with E-state index in [9.17, 15) is 13.2 Å². The monoisotopic (exact) mass is 381 g/mol. The first-order chi connectivity index (χ1) is 11.4. The van der Waals surface area contributed by atoms with E-state index in [1.54, 1.807) is 49.6 Å². The van der Waals surface area contributed by atoms with Gasteiger partial charge in [-0.2, -0.15) is 5.10 Å². The largest absolute Gasteiger partial charge is 0.497 e. The molecule has 0 spiro atoms. The van der Waals surface area contributed by atoms with Gasteiger partial charge in [-0.1, -0.05) is 24.3 Å². The van der Waals surface area contributed by atoms with E-state index in [1.807, 2.05) is 0 Å². The second kappa shape index (κ2) is 7.22. The van der Waals surface area contributed by atoms with E-state index >= 15 is 0 Å². The number of hydrogen-bond donors (Lipinski definition) is 2. The van der Waals surface area contributed by atoms with E-state index in [4.69, 9.17) is 9.88 Å². The summed E-state index contributed by atoms with van der Waals surface area (Å²) in [5, 5.41) is 12.8. The van der Waals surface area contributed by atoms with Crippen LogP contribution >= 0.6 is 12.4 Å². The number of nitrogens with two attached hydrogens (primary N) is 1. The Morgan fingerprint density at radius 2 is 1.80 bits per heavy atom. The van der Waals surface area contributed by atoms with Gasteiger partial charge in [0.1, 0.15) is 5.75 Å². The molecule has 2 aromatic carbocycles. The first-order valence-electron chi connectivity index (χ1n) is 7.03. The van der Waals surface area contributed by atoms with Crippen molar-refractivity contribution in [1.82, 2.24) is 10.2 Å². The van der Waals surface area contributed by atoms with Crippen LogP contribution in [0.5, 0.6) is 5.75 Å². The number of aromatic nitrogens is 2. The zero-order valence-corrected chi connectivity index (χ0v) is 14.9. The summed E-state index contributed by atoms with van der Waals surface area (Å²) in [5.41, 5.74) is 1.60. The summed E-state index contributed by atoms with van der Waals surface area (Å²) < 4.78 is 27.5. The van der Waals surface area contributed by atoms with E-state index < -0.39 is 10.0 Å². The number of sulfonamides is 1. The predicted molar refractivity (Wildman–Crippen MR) is 98.4 cm³/mol. The van der Waals surface area contributed by atoms with Crippen molar-refractivity contribution in [2.45, 2.75) is 5.75 Å². The van der Waals surface area contributed by atoms with Crippen LogP contribution in [0.1, 0.15) is 5.56 Å². The first kappa shape index (κ1) is 18.9. The van der Waals surface area contributed by atoms with Crippen LogP contribution in [0, 0.1) is 0 Å². The summed E-state index contributed by atoms with van der Waals surface area (Å²) in [7, 11) is -2.04. The number of fused-ring (bicyclic) bond motifs is 1. The van der Waals surface area contributed by atoms with Gasteiger partial charge in [-0.15, -0.1) is 12.4 Å². The molecule has 9 heteroatoms. The lowest BCUT2D eigenvalue weighted by molar-refractivity contribution is 0.415. The zero-order valence-electron chi connectivity index (χ0n) is 13.2. The van der Waals surface area contributed by atoms with E-state index in [2.05, 4.69) is 10.2 Å². The van der Waals surface area contributed by atoms with Crippen molar-refractivity contribution in [1.29, 1.82) is 0 Å². The second-order valence-corrected chi connectivity index (χ2v) is 6.93. The Bertz CT molecular complexity index is 1060. The Hall–Kier alpha value is -2.42. The predicted octanol–water partition coefficient (Wildman–Crippen LogP) is 1.81. The van der Waals surface area contributed by atoms with Gasteiger partial charge in [0.25, 0.3) is 5.56 Å². The number of ether oxygens (including phenoxy) is 1. The fourth-order valence-electron chi connectivity index (χ4n) is 2.48. The minimum absolute atomic E-state index is 0. The molecule has 0 bridgehead atoms. The SMILES string of the molecule is COc1ccc2c(=O)[nH]nc(-c3ccc(CS(N)(=O)=O)cc3)c2c1.Cl. The van der Waals surface area contributed by atoms with Crippen molar-refractivity contribution >= 4 is 33.2 Å². The maximum Gasteiger partial charge on any atom is 0.272 e. The van der Waals surface area contributed by atoms with Crippen molar-refractivity contribution in [3.8, 4) is 17.0 Å². The Kier molecular flexibility index (Phi) is 5.46. The van der Waals surface area contributed by atoms with E-state index in [1.165, 1.54) is 0 Å². The van der Waals surface area contributed by atoms with Crippen molar-refractivity contribution in [2.24, 2.45) is 5.14 Å². The molecule has 0 unspecified atom stereocenters. The third-order valence-electron chi connectivity index (χ3n) is 3.59. The van der Waals surface area contributed by atoms with Crippen molar-refractivity contribution in [2.75, 3.05) is 7.11 Å². The number of primary sulfonamides is 1. The highest BCUT2D eigenvalue weighted by Crippen LogP contribution is 2.27. The van der Waals surface area contributed by atoms with Gasteiger partial charge >= 0.3 is 0 Å². The Morgan fingerprint density at radius 3 is 2.40 bits per heavy atom. The highest BCUT2D eigenvalue weighted by Gasteiger charge is 2.11. The molecule has 3 aromatic rings. The lowest BCUT2D eigenvalue weighted by Gasteiger charge is -2.08. The van der Waals surface area contributed by atoms with Crippen LogP contribution < -0.4 is 15.4 Å². The van der Waals surface area contributed by atoms with Gasteiger partial charge in [-0.25, -0.2) is 18.7 Å². The van der Waals surface area contributed by atoms with Crippen LogP contribution in [0.15, 0.2) is 47.3 Å². The highest BCUT2D eigenvalue weighted by molar-refractivity contribution is 7.88. The number of halogens is 1. The third-order valence-corrected chi connectivity index (χ3v) is 4.33. The van der Waals surface area contributed by atoms with E-state index in [0.29, 0.717) is 27.8 Å². The molecule has 0 saturated heterocycles. The first-order valence-corrected chi connectivity index (χ1v) is 8.75. The van der Waals surface area contributed by atoms with Crippen LogP contribution in [-0.4, -0.2) is 25.7 Å². The fraction of sp³-hybridized carbons (Fsp3) is 0.125. The topological polar surface area (TPSA) is 115 Å². The van der Waals surface area contributed by atoms with Gasteiger partial charge in [0.15, 0.2) is 0 Å². The molecule has 25 heavy (non-hydrogen) atoms. The molecule has 0 aliphatic carbocycles. The Labute approximate surface area is 150 Å². The van der Waals surface area contributed by atoms with Gasteiger partial charge in [-0.3, -0.25) is 4.79 Å².